The maximum absolute atomic E-state index is 10.9. The van der Waals surface area contributed by atoms with Crippen LogP contribution in [0.3, 0.4) is 0 Å². The molecule has 0 saturated heterocycles. The van der Waals surface area contributed by atoms with Gasteiger partial charge in [-0.25, -0.2) is 0 Å². The van der Waals surface area contributed by atoms with Crippen molar-refractivity contribution in [2.24, 2.45) is 5.92 Å². The van der Waals surface area contributed by atoms with Crippen LogP contribution in [0.4, 0.5) is 0 Å². The van der Waals surface area contributed by atoms with Crippen molar-refractivity contribution in [3.8, 4) is 0 Å². The minimum atomic E-state index is -0.652. The van der Waals surface area contributed by atoms with Gasteiger partial charge in [-0.3, -0.25) is 9.69 Å². The lowest BCUT2D eigenvalue weighted by Gasteiger charge is -2.17. The van der Waals surface area contributed by atoms with Gasteiger partial charge >= 0.3 is 5.97 Å². The van der Waals surface area contributed by atoms with Gasteiger partial charge in [0.15, 0.2) is 0 Å². The Kier molecular flexibility index (Phi) is 2.86. The average molecular weight is 245 g/mol. The van der Waals surface area contributed by atoms with E-state index in [-0.39, 0.29) is 12.0 Å². The number of aliphatic carboxylic acids is 1. The van der Waals surface area contributed by atoms with Crippen molar-refractivity contribution in [2.75, 3.05) is 7.05 Å². The maximum Gasteiger partial charge on any atom is 0.308 e. The van der Waals surface area contributed by atoms with E-state index in [1.807, 2.05) is 7.05 Å². The van der Waals surface area contributed by atoms with Gasteiger partial charge in [0.25, 0.3) is 0 Å². The number of nitrogens with zero attached hydrogens (tertiary/aromatic N) is 1. The molecule has 2 aliphatic carbocycles. The summed E-state index contributed by atoms with van der Waals surface area (Å²) in [6.45, 7) is 0.863. The number of carboxylic acids is 1. The largest absolute Gasteiger partial charge is 0.481 e. The zero-order chi connectivity index (χ0) is 12.7. The Morgan fingerprint density at radius 2 is 2.17 bits per heavy atom. The highest BCUT2D eigenvalue weighted by Gasteiger charge is 2.45. The predicted molar refractivity (Wildman–Crippen MR) is 69.5 cm³/mol. The van der Waals surface area contributed by atoms with E-state index in [4.69, 9.17) is 5.11 Å². The molecule has 3 heteroatoms. The fraction of sp³-hybridized carbons (Fsp3) is 0.533. The van der Waals surface area contributed by atoms with Crippen LogP contribution in [0.5, 0.6) is 0 Å². The van der Waals surface area contributed by atoms with Crippen LogP contribution in [0.2, 0.25) is 0 Å². The van der Waals surface area contributed by atoms with Crippen LogP contribution in [-0.4, -0.2) is 29.1 Å². The van der Waals surface area contributed by atoms with E-state index >= 15 is 0 Å². The van der Waals surface area contributed by atoms with Crippen LogP contribution >= 0.6 is 0 Å². The Hall–Kier alpha value is -1.35. The molecule has 0 amide bonds. The summed E-state index contributed by atoms with van der Waals surface area (Å²) in [7, 11) is 2.03. The van der Waals surface area contributed by atoms with E-state index < -0.39 is 5.97 Å². The molecule has 2 aliphatic rings. The van der Waals surface area contributed by atoms with Crippen LogP contribution < -0.4 is 0 Å². The number of hydrogen-bond acceptors (Lipinski definition) is 2. The van der Waals surface area contributed by atoms with E-state index in [0.29, 0.717) is 0 Å². The molecule has 0 spiro atoms. The first-order valence-corrected chi connectivity index (χ1v) is 6.69. The summed E-state index contributed by atoms with van der Waals surface area (Å²) in [4.78, 5) is 13.0. The molecule has 18 heavy (non-hydrogen) atoms. The number of aryl methyl sites for hydroxylation is 2. The summed E-state index contributed by atoms with van der Waals surface area (Å²) in [5.74, 6) is -0.801. The van der Waals surface area contributed by atoms with Crippen molar-refractivity contribution in [3.63, 3.8) is 0 Å². The summed E-state index contributed by atoms with van der Waals surface area (Å²) < 4.78 is 0. The zero-order valence-corrected chi connectivity index (χ0v) is 10.7. The Labute approximate surface area is 107 Å². The summed E-state index contributed by atoms with van der Waals surface area (Å²) in [6.07, 6.45) is 4.50. The van der Waals surface area contributed by atoms with Crippen molar-refractivity contribution in [1.82, 2.24) is 4.90 Å². The van der Waals surface area contributed by atoms with E-state index in [1.165, 1.54) is 36.0 Å². The fourth-order valence-corrected chi connectivity index (χ4v) is 3.06. The van der Waals surface area contributed by atoms with Gasteiger partial charge in [-0.1, -0.05) is 18.2 Å². The molecule has 2 atom stereocenters. The van der Waals surface area contributed by atoms with E-state index in [9.17, 15) is 4.79 Å². The Morgan fingerprint density at radius 1 is 1.39 bits per heavy atom. The SMILES string of the molecule is CN(Cc1ccc2c(c1)CCC2)C1CC1C(=O)O. The van der Waals surface area contributed by atoms with Gasteiger partial charge in [0, 0.05) is 12.6 Å². The molecular formula is C15H19NO2. The number of benzene rings is 1. The summed E-state index contributed by atoms with van der Waals surface area (Å²) in [5.41, 5.74) is 4.30. The third-order valence-electron chi connectivity index (χ3n) is 4.23. The van der Waals surface area contributed by atoms with Gasteiger partial charge in [0.1, 0.15) is 0 Å². The molecule has 1 saturated carbocycles. The first-order valence-electron chi connectivity index (χ1n) is 6.69. The van der Waals surface area contributed by atoms with Gasteiger partial charge in [-0.15, -0.1) is 0 Å². The highest BCUT2D eigenvalue weighted by Crippen LogP contribution is 2.36. The van der Waals surface area contributed by atoms with E-state index in [2.05, 4.69) is 23.1 Å². The third kappa shape index (κ3) is 2.15. The molecule has 96 valence electrons. The maximum atomic E-state index is 10.9. The minimum Gasteiger partial charge on any atom is -0.481 e. The second kappa shape index (κ2) is 4.39. The van der Waals surface area contributed by atoms with Gasteiger partial charge in [-0.2, -0.15) is 0 Å². The van der Waals surface area contributed by atoms with Crippen LogP contribution in [0, 0.1) is 5.92 Å². The standard InChI is InChI=1S/C15H19NO2/c1-16(14-8-13(14)15(17)18)9-10-5-6-11-3-2-4-12(11)7-10/h5-7,13-14H,2-4,8-9H2,1H3,(H,17,18). The lowest BCUT2D eigenvalue weighted by molar-refractivity contribution is -0.138. The number of hydrogen-bond donors (Lipinski definition) is 1. The van der Waals surface area contributed by atoms with Crippen LogP contribution in [0.15, 0.2) is 18.2 Å². The average Bonchev–Trinajstić information content (AvgIpc) is 3.02. The number of carbonyl (C=O) groups is 1. The normalized spacial score (nSPS) is 25.2. The van der Waals surface area contributed by atoms with Gasteiger partial charge in [0.05, 0.1) is 5.92 Å². The second-order valence-electron chi connectivity index (χ2n) is 5.62. The van der Waals surface area contributed by atoms with Crippen LogP contribution in [0.1, 0.15) is 29.5 Å². The first-order chi connectivity index (χ1) is 8.65. The molecule has 1 aromatic rings. The van der Waals surface area contributed by atoms with Crippen molar-refractivity contribution >= 4 is 5.97 Å². The quantitative estimate of drug-likeness (QED) is 0.883. The molecule has 3 rings (SSSR count). The lowest BCUT2D eigenvalue weighted by Crippen LogP contribution is -2.23. The second-order valence-corrected chi connectivity index (χ2v) is 5.62. The molecule has 2 unspecified atom stereocenters. The summed E-state index contributed by atoms with van der Waals surface area (Å²) in [5, 5.41) is 8.94. The summed E-state index contributed by atoms with van der Waals surface area (Å²) >= 11 is 0. The third-order valence-corrected chi connectivity index (χ3v) is 4.23. The predicted octanol–water partition coefficient (Wildman–Crippen LogP) is 2.08. The number of fused-ring (bicyclic) bond motifs is 1. The molecule has 0 heterocycles. The van der Waals surface area contributed by atoms with Gasteiger partial charge < -0.3 is 5.11 Å². The Bertz CT molecular complexity index is 483. The van der Waals surface area contributed by atoms with E-state index in [0.717, 1.165) is 13.0 Å². The molecule has 0 aromatic heterocycles. The molecule has 0 bridgehead atoms. The Morgan fingerprint density at radius 3 is 2.89 bits per heavy atom. The van der Waals surface area contributed by atoms with Crippen LogP contribution in [0.25, 0.3) is 0 Å². The first kappa shape index (κ1) is 11.7. The molecule has 3 nitrogen and oxygen atoms in total. The molecule has 0 aliphatic heterocycles. The lowest BCUT2D eigenvalue weighted by atomic mass is 10.1. The van der Waals surface area contributed by atoms with Gasteiger partial charge in [0.2, 0.25) is 0 Å². The number of rotatable bonds is 4. The minimum absolute atomic E-state index is 0.149. The van der Waals surface area contributed by atoms with Crippen molar-refractivity contribution in [3.05, 3.63) is 34.9 Å². The van der Waals surface area contributed by atoms with E-state index in [1.54, 1.807) is 0 Å². The molecule has 1 N–H and O–H groups in total. The Balaban J connectivity index is 1.65. The van der Waals surface area contributed by atoms with Crippen molar-refractivity contribution in [2.45, 2.75) is 38.3 Å². The van der Waals surface area contributed by atoms with Crippen LogP contribution in [-0.2, 0) is 24.2 Å². The zero-order valence-electron chi connectivity index (χ0n) is 10.7. The van der Waals surface area contributed by atoms with Crippen molar-refractivity contribution in [1.29, 1.82) is 0 Å². The topological polar surface area (TPSA) is 40.5 Å². The molecule has 0 radical (unpaired) electrons. The molecular weight excluding hydrogens is 226 g/mol. The monoisotopic (exact) mass is 245 g/mol. The molecule has 1 fully saturated rings. The summed E-state index contributed by atoms with van der Waals surface area (Å²) in [6, 6.07) is 6.97. The fourth-order valence-electron chi connectivity index (χ4n) is 3.06. The smallest absolute Gasteiger partial charge is 0.308 e. The number of carboxylic acid groups (broad SMARTS) is 1. The highest BCUT2D eigenvalue weighted by atomic mass is 16.4. The van der Waals surface area contributed by atoms with Crippen molar-refractivity contribution < 1.29 is 9.90 Å². The highest BCUT2D eigenvalue weighted by molar-refractivity contribution is 5.74. The van der Waals surface area contributed by atoms with Gasteiger partial charge in [-0.05, 0) is 49.4 Å². The molecule has 1 aromatic carbocycles.